The summed E-state index contributed by atoms with van der Waals surface area (Å²) in [4.78, 5) is 42.1. The van der Waals surface area contributed by atoms with Gasteiger partial charge in [0.1, 0.15) is 13.1 Å². The van der Waals surface area contributed by atoms with Crippen molar-refractivity contribution in [2.24, 2.45) is 0 Å². The van der Waals surface area contributed by atoms with Crippen LogP contribution in [0.4, 0.5) is 16.2 Å². The lowest BCUT2D eigenvalue weighted by Gasteiger charge is -2.30. The van der Waals surface area contributed by atoms with Gasteiger partial charge in [-0.25, -0.2) is 9.69 Å². The summed E-state index contributed by atoms with van der Waals surface area (Å²) in [5, 5.41) is 0. The van der Waals surface area contributed by atoms with Gasteiger partial charge in [-0.05, 0) is 48.7 Å². The topological polar surface area (TPSA) is 60.9 Å². The van der Waals surface area contributed by atoms with Crippen molar-refractivity contribution in [1.82, 2.24) is 4.90 Å². The van der Waals surface area contributed by atoms with Crippen LogP contribution in [0.1, 0.15) is 12.0 Å². The third kappa shape index (κ3) is 3.35. The van der Waals surface area contributed by atoms with Gasteiger partial charge in [0.2, 0.25) is 5.91 Å². The average molecular weight is 428 g/mol. The molecule has 2 aliphatic rings. The zero-order valence-electron chi connectivity index (χ0n) is 14.6. The molecule has 7 heteroatoms. The second-order valence-corrected chi connectivity index (χ2v) is 7.54. The minimum absolute atomic E-state index is 0.0872. The number of imide groups is 1. The Morgan fingerprint density at radius 1 is 1.04 bits per heavy atom. The maximum absolute atomic E-state index is 12.9. The quantitative estimate of drug-likeness (QED) is 0.706. The van der Waals surface area contributed by atoms with E-state index >= 15 is 0 Å². The molecule has 6 nitrogen and oxygen atoms in total. The van der Waals surface area contributed by atoms with Gasteiger partial charge in [0, 0.05) is 16.7 Å². The van der Waals surface area contributed by atoms with E-state index in [1.807, 2.05) is 24.3 Å². The molecular weight excluding hydrogens is 410 g/mol. The van der Waals surface area contributed by atoms with Crippen LogP contribution < -0.4 is 9.80 Å². The molecule has 0 atom stereocenters. The molecule has 1 saturated heterocycles. The SMILES string of the molecule is O=C(CN1CC(=O)N(c2ccc(Br)cc2)C1=O)N1CCCc2ccccc21. The third-order valence-corrected chi connectivity index (χ3v) is 5.39. The van der Waals surface area contributed by atoms with E-state index in [4.69, 9.17) is 0 Å². The van der Waals surface area contributed by atoms with Gasteiger partial charge in [0.15, 0.2) is 0 Å². The Morgan fingerprint density at radius 3 is 2.56 bits per heavy atom. The fourth-order valence-corrected chi connectivity index (χ4v) is 3.82. The first kappa shape index (κ1) is 17.7. The largest absolute Gasteiger partial charge is 0.332 e. The number of fused-ring (bicyclic) bond motifs is 1. The molecule has 0 saturated carbocycles. The molecule has 4 rings (SSSR count). The fraction of sp³-hybridized carbons (Fsp3) is 0.250. The van der Waals surface area contributed by atoms with Crippen molar-refractivity contribution in [3.63, 3.8) is 0 Å². The Bertz CT molecular complexity index is 913. The molecule has 0 bridgehead atoms. The van der Waals surface area contributed by atoms with E-state index in [0.717, 1.165) is 33.5 Å². The summed E-state index contributed by atoms with van der Waals surface area (Å²) in [5.74, 6) is -0.491. The molecule has 0 aliphatic carbocycles. The Balaban J connectivity index is 1.51. The number of carbonyl (C=O) groups is 3. The minimum Gasteiger partial charge on any atom is -0.311 e. The minimum atomic E-state index is -0.457. The van der Waals surface area contributed by atoms with Crippen LogP contribution in [0.15, 0.2) is 53.0 Å². The molecule has 0 aromatic heterocycles. The summed E-state index contributed by atoms with van der Waals surface area (Å²) in [5.41, 5.74) is 2.54. The summed E-state index contributed by atoms with van der Waals surface area (Å²) in [6, 6.07) is 14.3. The van der Waals surface area contributed by atoms with Crippen LogP contribution in [0.3, 0.4) is 0 Å². The molecule has 0 unspecified atom stereocenters. The molecular formula is C20H18BrN3O3. The van der Waals surface area contributed by atoms with E-state index < -0.39 is 6.03 Å². The predicted octanol–water partition coefficient (Wildman–Crippen LogP) is 3.20. The van der Waals surface area contributed by atoms with Crippen molar-refractivity contribution in [2.45, 2.75) is 12.8 Å². The second kappa shape index (κ2) is 7.15. The first-order valence-electron chi connectivity index (χ1n) is 8.80. The van der Waals surface area contributed by atoms with Crippen molar-refractivity contribution < 1.29 is 14.4 Å². The van der Waals surface area contributed by atoms with E-state index in [1.165, 1.54) is 4.90 Å². The van der Waals surface area contributed by atoms with Gasteiger partial charge in [-0.3, -0.25) is 9.59 Å². The lowest BCUT2D eigenvalue weighted by molar-refractivity contribution is -0.119. The highest BCUT2D eigenvalue weighted by Crippen LogP contribution is 2.28. The fourth-order valence-electron chi connectivity index (χ4n) is 3.56. The summed E-state index contributed by atoms with van der Waals surface area (Å²) in [6.45, 7) is 0.435. The number of carbonyl (C=O) groups excluding carboxylic acids is 3. The Morgan fingerprint density at radius 2 is 1.78 bits per heavy atom. The molecule has 2 heterocycles. The highest BCUT2D eigenvalue weighted by molar-refractivity contribution is 9.10. The normalized spacial score (nSPS) is 16.7. The monoisotopic (exact) mass is 427 g/mol. The van der Waals surface area contributed by atoms with Crippen LogP contribution in [-0.4, -0.2) is 42.4 Å². The van der Waals surface area contributed by atoms with Crippen LogP contribution >= 0.6 is 15.9 Å². The van der Waals surface area contributed by atoms with Crippen LogP contribution in [0.25, 0.3) is 0 Å². The highest BCUT2D eigenvalue weighted by Gasteiger charge is 2.39. The van der Waals surface area contributed by atoms with Gasteiger partial charge >= 0.3 is 6.03 Å². The molecule has 0 N–H and O–H groups in total. The second-order valence-electron chi connectivity index (χ2n) is 6.62. The van der Waals surface area contributed by atoms with Crippen LogP contribution in [0, 0.1) is 0 Å². The van der Waals surface area contributed by atoms with Gasteiger partial charge < -0.3 is 9.80 Å². The van der Waals surface area contributed by atoms with Crippen molar-refractivity contribution in [2.75, 3.05) is 29.4 Å². The van der Waals surface area contributed by atoms with Crippen molar-refractivity contribution in [3.05, 3.63) is 58.6 Å². The van der Waals surface area contributed by atoms with Gasteiger partial charge in [0.05, 0.1) is 5.69 Å². The van der Waals surface area contributed by atoms with Crippen molar-refractivity contribution in [1.29, 1.82) is 0 Å². The number of hydrogen-bond donors (Lipinski definition) is 0. The molecule has 2 aliphatic heterocycles. The number of para-hydroxylation sites is 1. The molecule has 27 heavy (non-hydrogen) atoms. The van der Waals surface area contributed by atoms with Gasteiger partial charge in [-0.2, -0.15) is 0 Å². The van der Waals surface area contributed by atoms with Crippen LogP contribution in [0.5, 0.6) is 0 Å². The van der Waals surface area contributed by atoms with Gasteiger partial charge in [-0.1, -0.05) is 34.1 Å². The number of hydrogen-bond acceptors (Lipinski definition) is 3. The smallest absolute Gasteiger partial charge is 0.311 e. The van der Waals surface area contributed by atoms with E-state index in [2.05, 4.69) is 15.9 Å². The first-order chi connectivity index (χ1) is 13.0. The zero-order chi connectivity index (χ0) is 19.0. The lowest BCUT2D eigenvalue weighted by atomic mass is 10.0. The summed E-state index contributed by atoms with van der Waals surface area (Å²) < 4.78 is 0.862. The summed E-state index contributed by atoms with van der Waals surface area (Å²) >= 11 is 3.34. The zero-order valence-corrected chi connectivity index (χ0v) is 16.2. The standard InChI is InChI=1S/C20H18BrN3O3/c21-15-7-9-16(10-8-15)24-19(26)13-22(20(24)27)12-18(25)23-11-3-5-14-4-1-2-6-17(14)23/h1-2,4,6-10H,3,5,11-13H2. The van der Waals surface area contributed by atoms with E-state index in [1.54, 1.807) is 29.2 Å². The van der Waals surface area contributed by atoms with Crippen LogP contribution in [-0.2, 0) is 16.0 Å². The number of benzene rings is 2. The molecule has 2 aromatic carbocycles. The van der Waals surface area contributed by atoms with Gasteiger partial charge in [0.25, 0.3) is 5.91 Å². The number of amides is 4. The van der Waals surface area contributed by atoms with Crippen LogP contribution in [0.2, 0.25) is 0 Å². The number of rotatable bonds is 3. The Labute approximate surface area is 165 Å². The molecule has 2 aromatic rings. The molecule has 0 radical (unpaired) electrons. The van der Waals surface area contributed by atoms with Gasteiger partial charge in [-0.15, -0.1) is 0 Å². The first-order valence-corrected chi connectivity index (χ1v) is 9.59. The molecule has 138 valence electrons. The Kier molecular flexibility index (Phi) is 4.70. The van der Waals surface area contributed by atoms with E-state index in [0.29, 0.717) is 12.2 Å². The van der Waals surface area contributed by atoms with Crippen molar-refractivity contribution in [3.8, 4) is 0 Å². The lowest BCUT2D eigenvalue weighted by Crippen LogP contribution is -2.44. The third-order valence-electron chi connectivity index (χ3n) is 4.86. The summed E-state index contributed by atoms with van der Waals surface area (Å²) in [6.07, 6.45) is 1.83. The molecule has 1 fully saturated rings. The number of urea groups is 1. The summed E-state index contributed by atoms with van der Waals surface area (Å²) in [7, 11) is 0. The number of nitrogens with zero attached hydrogens (tertiary/aromatic N) is 3. The number of anilines is 2. The van der Waals surface area contributed by atoms with E-state index in [-0.39, 0.29) is 24.9 Å². The number of halogens is 1. The molecule has 0 spiro atoms. The van der Waals surface area contributed by atoms with E-state index in [9.17, 15) is 14.4 Å². The maximum atomic E-state index is 12.9. The predicted molar refractivity (Wildman–Crippen MR) is 106 cm³/mol. The highest BCUT2D eigenvalue weighted by atomic mass is 79.9. The molecule has 4 amide bonds. The average Bonchev–Trinajstić information content (AvgIpc) is 2.95. The number of aryl methyl sites for hydroxylation is 1. The maximum Gasteiger partial charge on any atom is 0.332 e. The van der Waals surface area contributed by atoms with Crippen molar-refractivity contribution >= 4 is 45.2 Å². The Hall–Kier alpha value is -2.67.